The van der Waals surface area contributed by atoms with Crippen LogP contribution >= 0.6 is 0 Å². The molecular formula is C10H11FN2O4. The Morgan fingerprint density at radius 2 is 2.24 bits per heavy atom. The molecule has 17 heavy (non-hydrogen) atoms. The zero-order valence-electron chi connectivity index (χ0n) is 9.10. The zero-order chi connectivity index (χ0) is 13.0. The highest BCUT2D eigenvalue weighted by molar-refractivity contribution is 5.97. The maximum atomic E-state index is 13.1. The van der Waals surface area contributed by atoms with Gasteiger partial charge in [-0.2, -0.15) is 0 Å². The molecular weight excluding hydrogens is 231 g/mol. The Labute approximate surface area is 96.3 Å². The number of hydrogen-bond acceptors (Lipinski definition) is 5. The maximum absolute atomic E-state index is 13.1. The van der Waals surface area contributed by atoms with Crippen LogP contribution in [-0.4, -0.2) is 17.5 Å². The quantitative estimate of drug-likeness (QED) is 0.376. The Balaban J connectivity index is 3.15. The second-order valence-electron chi connectivity index (χ2n) is 3.28. The Morgan fingerprint density at radius 1 is 1.59 bits per heavy atom. The molecule has 6 nitrogen and oxygen atoms in total. The van der Waals surface area contributed by atoms with Crippen molar-refractivity contribution in [3.8, 4) is 0 Å². The van der Waals surface area contributed by atoms with Crippen LogP contribution in [0.15, 0.2) is 12.1 Å². The van der Waals surface area contributed by atoms with Crippen molar-refractivity contribution in [2.75, 3.05) is 12.3 Å². The van der Waals surface area contributed by atoms with E-state index in [-0.39, 0.29) is 12.2 Å². The first-order valence-electron chi connectivity index (χ1n) is 4.88. The zero-order valence-corrected chi connectivity index (χ0v) is 9.10. The fourth-order valence-electron chi connectivity index (χ4n) is 1.20. The highest BCUT2D eigenvalue weighted by Crippen LogP contribution is 2.27. The number of nitro benzene ring substituents is 1. The van der Waals surface area contributed by atoms with Gasteiger partial charge in [0.05, 0.1) is 23.2 Å². The summed E-state index contributed by atoms with van der Waals surface area (Å²) in [6.07, 6.45) is 0.586. The van der Waals surface area contributed by atoms with Crippen molar-refractivity contribution in [2.24, 2.45) is 0 Å². The number of carbonyl (C=O) groups excluding carboxylic acids is 1. The summed E-state index contributed by atoms with van der Waals surface area (Å²) in [5.74, 6) is -1.78. The molecule has 0 saturated heterocycles. The predicted octanol–water partition coefficient (Wildman–Crippen LogP) is 1.88. The largest absolute Gasteiger partial charge is 0.462 e. The second kappa shape index (κ2) is 5.24. The molecule has 0 aliphatic heterocycles. The molecule has 1 aromatic rings. The van der Waals surface area contributed by atoms with Gasteiger partial charge in [0.15, 0.2) is 0 Å². The summed E-state index contributed by atoms with van der Waals surface area (Å²) in [4.78, 5) is 21.2. The number of esters is 1. The standard InChI is InChI=1S/C10H11FN2O4/c1-2-3-17-10(14)7-4-6(11)5-8(9(7)12)13(15)16/h4-5H,2-3,12H2,1H3. The number of rotatable bonds is 4. The van der Waals surface area contributed by atoms with Gasteiger partial charge in [0, 0.05) is 0 Å². The smallest absolute Gasteiger partial charge is 0.340 e. The van der Waals surface area contributed by atoms with Crippen LogP contribution in [0.25, 0.3) is 0 Å². The molecule has 0 heterocycles. The lowest BCUT2D eigenvalue weighted by atomic mass is 10.1. The predicted molar refractivity (Wildman–Crippen MR) is 58.0 cm³/mol. The van der Waals surface area contributed by atoms with E-state index in [4.69, 9.17) is 10.5 Å². The summed E-state index contributed by atoms with van der Waals surface area (Å²) in [6, 6.07) is 1.48. The first kappa shape index (κ1) is 12.9. The van der Waals surface area contributed by atoms with Crippen LogP contribution in [0.1, 0.15) is 23.7 Å². The minimum absolute atomic E-state index is 0.141. The number of anilines is 1. The Morgan fingerprint density at radius 3 is 2.76 bits per heavy atom. The molecule has 0 atom stereocenters. The van der Waals surface area contributed by atoms with E-state index in [0.29, 0.717) is 12.5 Å². The normalized spacial score (nSPS) is 10.0. The van der Waals surface area contributed by atoms with Crippen LogP contribution in [0.3, 0.4) is 0 Å². The Bertz CT molecular complexity index is 462. The molecule has 0 aliphatic carbocycles. The molecule has 92 valence electrons. The van der Waals surface area contributed by atoms with Gasteiger partial charge in [0.2, 0.25) is 0 Å². The van der Waals surface area contributed by atoms with E-state index in [9.17, 15) is 19.3 Å². The summed E-state index contributed by atoms with van der Waals surface area (Å²) in [7, 11) is 0. The van der Waals surface area contributed by atoms with Gasteiger partial charge < -0.3 is 10.5 Å². The van der Waals surface area contributed by atoms with Crippen molar-refractivity contribution in [3.63, 3.8) is 0 Å². The Hall–Kier alpha value is -2.18. The van der Waals surface area contributed by atoms with Gasteiger partial charge in [0.1, 0.15) is 11.5 Å². The van der Waals surface area contributed by atoms with E-state index in [1.807, 2.05) is 0 Å². The average molecular weight is 242 g/mol. The molecule has 0 spiro atoms. The van der Waals surface area contributed by atoms with Crippen molar-refractivity contribution in [3.05, 3.63) is 33.6 Å². The molecule has 2 N–H and O–H groups in total. The van der Waals surface area contributed by atoms with E-state index in [1.54, 1.807) is 6.92 Å². The Kier molecular flexibility index (Phi) is 3.97. The monoisotopic (exact) mass is 242 g/mol. The van der Waals surface area contributed by atoms with E-state index >= 15 is 0 Å². The third-order valence-electron chi connectivity index (χ3n) is 1.98. The summed E-state index contributed by atoms with van der Waals surface area (Å²) in [6.45, 7) is 1.92. The van der Waals surface area contributed by atoms with Crippen LogP contribution < -0.4 is 5.73 Å². The molecule has 0 unspecified atom stereocenters. The van der Waals surface area contributed by atoms with Crippen LogP contribution in [-0.2, 0) is 4.74 Å². The van der Waals surface area contributed by atoms with Crippen molar-refractivity contribution in [1.29, 1.82) is 0 Å². The first-order valence-corrected chi connectivity index (χ1v) is 4.88. The van der Waals surface area contributed by atoms with E-state index in [2.05, 4.69) is 0 Å². The van der Waals surface area contributed by atoms with Crippen LogP contribution in [0.5, 0.6) is 0 Å². The summed E-state index contributed by atoms with van der Waals surface area (Å²) >= 11 is 0. The second-order valence-corrected chi connectivity index (χ2v) is 3.28. The fourth-order valence-corrected chi connectivity index (χ4v) is 1.20. The fraction of sp³-hybridized carbons (Fsp3) is 0.300. The van der Waals surface area contributed by atoms with E-state index in [0.717, 1.165) is 6.07 Å². The van der Waals surface area contributed by atoms with Gasteiger partial charge >= 0.3 is 5.97 Å². The van der Waals surface area contributed by atoms with Gasteiger partial charge in [-0.05, 0) is 12.5 Å². The third kappa shape index (κ3) is 2.90. The van der Waals surface area contributed by atoms with E-state index < -0.39 is 28.1 Å². The van der Waals surface area contributed by atoms with Crippen molar-refractivity contribution < 1.29 is 18.8 Å². The number of carbonyl (C=O) groups is 1. The highest BCUT2D eigenvalue weighted by Gasteiger charge is 2.22. The number of nitrogen functional groups attached to an aromatic ring is 1. The van der Waals surface area contributed by atoms with Crippen molar-refractivity contribution in [1.82, 2.24) is 0 Å². The number of hydrogen-bond donors (Lipinski definition) is 1. The van der Waals surface area contributed by atoms with Crippen LogP contribution in [0.2, 0.25) is 0 Å². The lowest BCUT2D eigenvalue weighted by molar-refractivity contribution is -0.384. The molecule has 7 heteroatoms. The topological polar surface area (TPSA) is 95.5 Å². The van der Waals surface area contributed by atoms with Gasteiger partial charge in [-0.15, -0.1) is 0 Å². The van der Waals surface area contributed by atoms with Gasteiger partial charge in [0.25, 0.3) is 5.69 Å². The number of nitrogens with zero attached hydrogens (tertiary/aromatic N) is 1. The number of nitrogens with two attached hydrogens (primary N) is 1. The third-order valence-corrected chi connectivity index (χ3v) is 1.98. The number of halogens is 1. The lowest BCUT2D eigenvalue weighted by Crippen LogP contribution is -2.11. The van der Waals surface area contributed by atoms with E-state index in [1.165, 1.54) is 0 Å². The van der Waals surface area contributed by atoms with Crippen LogP contribution in [0.4, 0.5) is 15.8 Å². The van der Waals surface area contributed by atoms with Crippen LogP contribution in [0, 0.1) is 15.9 Å². The average Bonchev–Trinajstić information content (AvgIpc) is 2.28. The van der Waals surface area contributed by atoms with Crippen molar-refractivity contribution >= 4 is 17.3 Å². The lowest BCUT2D eigenvalue weighted by Gasteiger charge is -2.06. The molecule has 0 saturated carbocycles. The first-order chi connectivity index (χ1) is 7.97. The summed E-state index contributed by atoms with van der Waals surface area (Å²) in [5, 5.41) is 10.6. The van der Waals surface area contributed by atoms with Gasteiger partial charge in [-0.25, -0.2) is 9.18 Å². The molecule has 1 rings (SSSR count). The van der Waals surface area contributed by atoms with Gasteiger partial charge in [-0.3, -0.25) is 10.1 Å². The molecule has 0 amide bonds. The number of ether oxygens (including phenoxy) is 1. The molecule has 0 radical (unpaired) electrons. The maximum Gasteiger partial charge on any atom is 0.340 e. The number of nitro groups is 1. The summed E-state index contributed by atoms with van der Waals surface area (Å²) < 4.78 is 17.8. The minimum Gasteiger partial charge on any atom is -0.462 e. The minimum atomic E-state index is -0.908. The molecule has 0 aliphatic rings. The molecule has 0 fully saturated rings. The highest BCUT2D eigenvalue weighted by atomic mass is 19.1. The summed E-state index contributed by atoms with van der Waals surface area (Å²) in [5.41, 5.74) is 4.05. The molecule has 1 aromatic carbocycles. The molecule has 0 bridgehead atoms. The van der Waals surface area contributed by atoms with Gasteiger partial charge in [-0.1, -0.05) is 6.92 Å². The SMILES string of the molecule is CCCOC(=O)c1cc(F)cc([N+](=O)[O-])c1N. The number of benzene rings is 1. The molecule has 0 aromatic heterocycles. The van der Waals surface area contributed by atoms with Crippen molar-refractivity contribution in [2.45, 2.75) is 13.3 Å².